The number of carbonyl (C=O) groups excluding carboxylic acids is 1. The van der Waals surface area contributed by atoms with E-state index < -0.39 is 0 Å². The zero-order chi connectivity index (χ0) is 14.4. The smallest absolute Gasteiger partial charge is 0.409 e. The zero-order valence-electron chi connectivity index (χ0n) is 11.7. The van der Waals surface area contributed by atoms with E-state index in [-0.39, 0.29) is 11.8 Å². The standard InChI is InChI=1S/C14H21N3O3/c1-2-20-14(19)17-7-5-11(6-8-17)15-9-12-3-4-13(18)10-16-12/h3-4,10-11,15,18H,2,5-9H2,1H3. The molecule has 20 heavy (non-hydrogen) atoms. The summed E-state index contributed by atoms with van der Waals surface area (Å²) in [5.41, 5.74) is 0.899. The van der Waals surface area contributed by atoms with E-state index in [1.165, 1.54) is 6.20 Å². The molecule has 0 unspecified atom stereocenters. The van der Waals surface area contributed by atoms with Crippen LogP contribution in [0.25, 0.3) is 0 Å². The fraction of sp³-hybridized carbons (Fsp3) is 0.571. The maximum atomic E-state index is 11.6. The lowest BCUT2D eigenvalue weighted by Crippen LogP contribution is -2.44. The van der Waals surface area contributed by atoms with Crippen LogP contribution in [0.5, 0.6) is 5.75 Å². The van der Waals surface area contributed by atoms with E-state index in [9.17, 15) is 4.79 Å². The lowest BCUT2D eigenvalue weighted by Gasteiger charge is -2.31. The number of nitrogens with one attached hydrogen (secondary N) is 1. The molecule has 110 valence electrons. The van der Waals surface area contributed by atoms with E-state index in [1.54, 1.807) is 17.0 Å². The van der Waals surface area contributed by atoms with Crippen LogP contribution >= 0.6 is 0 Å². The Hall–Kier alpha value is -1.82. The van der Waals surface area contributed by atoms with Gasteiger partial charge in [-0.1, -0.05) is 0 Å². The van der Waals surface area contributed by atoms with Crippen molar-refractivity contribution >= 4 is 6.09 Å². The monoisotopic (exact) mass is 279 g/mol. The highest BCUT2D eigenvalue weighted by molar-refractivity contribution is 5.67. The molecule has 1 aromatic rings. The Morgan fingerprint density at radius 1 is 1.50 bits per heavy atom. The number of carbonyl (C=O) groups is 1. The van der Waals surface area contributed by atoms with E-state index in [2.05, 4.69) is 10.3 Å². The summed E-state index contributed by atoms with van der Waals surface area (Å²) in [7, 11) is 0. The molecule has 0 radical (unpaired) electrons. The largest absolute Gasteiger partial charge is 0.506 e. The number of pyridine rings is 1. The number of hydrogen-bond acceptors (Lipinski definition) is 5. The number of aromatic nitrogens is 1. The number of ether oxygens (including phenoxy) is 1. The van der Waals surface area contributed by atoms with Crippen molar-refractivity contribution < 1.29 is 14.6 Å². The highest BCUT2D eigenvalue weighted by Crippen LogP contribution is 2.12. The SMILES string of the molecule is CCOC(=O)N1CCC(NCc2ccc(O)cn2)CC1. The molecule has 6 nitrogen and oxygen atoms in total. The van der Waals surface area contributed by atoms with Crippen molar-refractivity contribution in [1.29, 1.82) is 0 Å². The third-order valence-corrected chi connectivity index (χ3v) is 3.40. The molecule has 0 bridgehead atoms. The summed E-state index contributed by atoms with van der Waals surface area (Å²) in [6.45, 7) is 4.35. The van der Waals surface area contributed by atoms with Gasteiger partial charge in [-0.3, -0.25) is 4.98 Å². The third kappa shape index (κ3) is 4.09. The molecule has 0 saturated carbocycles. The predicted molar refractivity (Wildman–Crippen MR) is 74.4 cm³/mol. The number of nitrogens with zero attached hydrogens (tertiary/aromatic N) is 2. The Bertz CT molecular complexity index is 428. The van der Waals surface area contributed by atoms with E-state index in [4.69, 9.17) is 9.84 Å². The maximum absolute atomic E-state index is 11.6. The lowest BCUT2D eigenvalue weighted by molar-refractivity contribution is 0.0949. The highest BCUT2D eigenvalue weighted by Gasteiger charge is 2.23. The average molecular weight is 279 g/mol. The van der Waals surface area contributed by atoms with Crippen molar-refractivity contribution in [2.75, 3.05) is 19.7 Å². The van der Waals surface area contributed by atoms with Gasteiger partial charge in [0, 0.05) is 25.7 Å². The van der Waals surface area contributed by atoms with Crippen molar-refractivity contribution in [3.8, 4) is 5.75 Å². The molecule has 2 rings (SSSR count). The molecule has 1 aliphatic heterocycles. The maximum Gasteiger partial charge on any atom is 0.409 e. The minimum absolute atomic E-state index is 0.177. The van der Waals surface area contributed by atoms with Crippen LogP contribution in [0.3, 0.4) is 0 Å². The molecule has 1 fully saturated rings. The van der Waals surface area contributed by atoms with Gasteiger partial charge in [0.25, 0.3) is 0 Å². The van der Waals surface area contributed by atoms with Crippen molar-refractivity contribution in [2.45, 2.75) is 32.4 Å². The van der Waals surface area contributed by atoms with Crippen LogP contribution in [0.15, 0.2) is 18.3 Å². The van der Waals surface area contributed by atoms with Gasteiger partial charge in [-0.15, -0.1) is 0 Å². The molecule has 0 spiro atoms. The topological polar surface area (TPSA) is 74.7 Å². The first kappa shape index (κ1) is 14.6. The first-order valence-corrected chi connectivity index (χ1v) is 6.98. The second kappa shape index (κ2) is 7.09. The molecule has 2 N–H and O–H groups in total. The Balaban J connectivity index is 1.72. The molecule has 0 aliphatic carbocycles. The van der Waals surface area contributed by atoms with E-state index in [0.29, 0.717) is 19.2 Å². The molecular weight excluding hydrogens is 258 g/mol. The predicted octanol–water partition coefficient (Wildman–Crippen LogP) is 1.50. The van der Waals surface area contributed by atoms with Crippen LogP contribution < -0.4 is 5.32 Å². The third-order valence-electron chi connectivity index (χ3n) is 3.40. The summed E-state index contributed by atoms with van der Waals surface area (Å²) in [6, 6.07) is 3.82. The molecule has 2 heterocycles. The number of aromatic hydroxyl groups is 1. The van der Waals surface area contributed by atoms with E-state index in [1.807, 2.05) is 6.92 Å². The molecular formula is C14H21N3O3. The highest BCUT2D eigenvalue weighted by atomic mass is 16.6. The quantitative estimate of drug-likeness (QED) is 0.873. The summed E-state index contributed by atoms with van der Waals surface area (Å²) in [6.07, 6.45) is 3.06. The molecule has 6 heteroatoms. The van der Waals surface area contributed by atoms with Crippen LogP contribution in [-0.2, 0) is 11.3 Å². The van der Waals surface area contributed by atoms with Gasteiger partial charge < -0.3 is 20.1 Å². The second-order valence-electron chi connectivity index (χ2n) is 4.85. The summed E-state index contributed by atoms with van der Waals surface area (Å²) in [5, 5.41) is 12.6. The van der Waals surface area contributed by atoms with Crippen LogP contribution in [-0.4, -0.2) is 46.8 Å². The van der Waals surface area contributed by atoms with Crippen molar-refractivity contribution in [3.05, 3.63) is 24.0 Å². The fourth-order valence-electron chi connectivity index (χ4n) is 2.25. The minimum Gasteiger partial charge on any atom is -0.506 e. The van der Waals surface area contributed by atoms with Crippen molar-refractivity contribution in [2.24, 2.45) is 0 Å². The number of hydrogen-bond donors (Lipinski definition) is 2. The van der Waals surface area contributed by atoms with E-state index >= 15 is 0 Å². The number of amides is 1. The van der Waals surface area contributed by atoms with Crippen LogP contribution in [0.4, 0.5) is 4.79 Å². The number of piperidine rings is 1. The summed E-state index contributed by atoms with van der Waals surface area (Å²) < 4.78 is 4.99. The Morgan fingerprint density at radius 3 is 2.85 bits per heavy atom. The Labute approximate surface area is 118 Å². The number of rotatable bonds is 4. The van der Waals surface area contributed by atoms with Gasteiger partial charge in [0.2, 0.25) is 0 Å². The molecule has 0 atom stereocenters. The van der Waals surface area contributed by atoms with Crippen LogP contribution in [0.2, 0.25) is 0 Å². The van der Waals surface area contributed by atoms with Gasteiger partial charge in [0.05, 0.1) is 18.5 Å². The van der Waals surface area contributed by atoms with Gasteiger partial charge in [0.15, 0.2) is 0 Å². The molecule has 0 aromatic carbocycles. The molecule has 1 saturated heterocycles. The Kier molecular flexibility index (Phi) is 5.17. The first-order valence-electron chi connectivity index (χ1n) is 6.98. The van der Waals surface area contributed by atoms with Crippen LogP contribution in [0, 0.1) is 0 Å². The normalized spacial score (nSPS) is 16.1. The summed E-state index contributed by atoms with van der Waals surface area (Å²) in [5.74, 6) is 0.177. The average Bonchev–Trinajstić information content (AvgIpc) is 2.47. The van der Waals surface area contributed by atoms with Crippen molar-refractivity contribution in [3.63, 3.8) is 0 Å². The lowest BCUT2D eigenvalue weighted by atomic mass is 10.1. The van der Waals surface area contributed by atoms with Gasteiger partial charge in [-0.2, -0.15) is 0 Å². The van der Waals surface area contributed by atoms with Gasteiger partial charge in [-0.25, -0.2) is 4.79 Å². The number of likely N-dealkylation sites (tertiary alicyclic amines) is 1. The van der Waals surface area contributed by atoms with E-state index in [0.717, 1.165) is 31.6 Å². The van der Waals surface area contributed by atoms with Gasteiger partial charge >= 0.3 is 6.09 Å². The Morgan fingerprint density at radius 2 is 2.25 bits per heavy atom. The first-order chi connectivity index (χ1) is 9.69. The summed E-state index contributed by atoms with van der Waals surface area (Å²) >= 11 is 0. The molecule has 1 aliphatic rings. The molecule has 1 aromatic heterocycles. The van der Waals surface area contributed by atoms with Crippen LogP contribution in [0.1, 0.15) is 25.5 Å². The summed E-state index contributed by atoms with van der Waals surface area (Å²) in [4.78, 5) is 17.4. The fourth-order valence-corrected chi connectivity index (χ4v) is 2.25. The second-order valence-corrected chi connectivity index (χ2v) is 4.85. The van der Waals surface area contributed by atoms with Gasteiger partial charge in [-0.05, 0) is 31.9 Å². The van der Waals surface area contributed by atoms with Crippen molar-refractivity contribution in [1.82, 2.24) is 15.2 Å². The van der Waals surface area contributed by atoms with Gasteiger partial charge in [0.1, 0.15) is 5.75 Å². The molecule has 1 amide bonds. The minimum atomic E-state index is -0.217. The zero-order valence-corrected chi connectivity index (χ0v) is 11.7.